The van der Waals surface area contributed by atoms with Crippen LogP contribution >= 0.6 is 11.8 Å². The Hall–Kier alpha value is -2.22. The Morgan fingerprint density at radius 1 is 1.33 bits per heavy atom. The summed E-state index contributed by atoms with van der Waals surface area (Å²) in [5, 5.41) is 13.5. The molecular formula is C16H17N2O5S-. The monoisotopic (exact) mass is 349 g/mol. The summed E-state index contributed by atoms with van der Waals surface area (Å²) in [5.74, 6) is -1.55. The summed E-state index contributed by atoms with van der Waals surface area (Å²) in [5.41, 5.74) is 0. The second kappa shape index (κ2) is 6.01. The highest BCUT2D eigenvalue weighted by molar-refractivity contribution is 8.01. The molecule has 0 unspecified atom stereocenters. The van der Waals surface area contributed by atoms with Gasteiger partial charge in [0, 0.05) is 4.75 Å². The van der Waals surface area contributed by atoms with Crippen LogP contribution in [0.2, 0.25) is 0 Å². The SMILES string of the molecule is CC1(C)S[C@H]2[C@H](NC(=O)COc3ccccc3)C(=O)N2[C@@H]1C(=O)[O-]. The lowest BCUT2D eigenvalue weighted by Crippen LogP contribution is -2.71. The molecule has 2 aliphatic rings. The van der Waals surface area contributed by atoms with Crippen molar-refractivity contribution in [3.8, 4) is 5.75 Å². The molecule has 2 aliphatic heterocycles. The summed E-state index contributed by atoms with van der Waals surface area (Å²) in [4.78, 5) is 36.8. The molecule has 24 heavy (non-hydrogen) atoms. The van der Waals surface area contributed by atoms with Gasteiger partial charge in [0.05, 0.1) is 12.0 Å². The Morgan fingerprint density at radius 2 is 2.00 bits per heavy atom. The normalized spacial score (nSPS) is 27.2. The number of aliphatic carboxylic acids is 1. The van der Waals surface area contributed by atoms with E-state index in [0.29, 0.717) is 5.75 Å². The molecule has 0 saturated carbocycles. The molecule has 1 aromatic rings. The Kier molecular flexibility index (Phi) is 4.16. The van der Waals surface area contributed by atoms with Crippen molar-refractivity contribution in [3.63, 3.8) is 0 Å². The molecule has 0 radical (unpaired) electrons. The molecule has 8 heteroatoms. The van der Waals surface area contributed by atoms with Crippen LogP contribution in [0.25, 0.3) is 0 Å². The summed E-state index contributed by atoms with van der Waals surface area (Å²) < 4.78 is 4.67. The van der Waals surface area contributed by atoms with Crippen molar-refractivity contribution in [2.24, 2.45) is 0 Å². The Balaban J connectivity index is 1.59. The van der Waals surface area contributed by atoms with Gasteiger partial charge in [0.15, 0.2) is 6.61 Å². The lowest BCUT2D eigenvalue weighted by Gasteiger charge is -2.45. The van der Waals surface area contributed by atoms with Gasteiger partial charge in [-0.1, -0.05) is 18.2 Å². The van der Waals surface area contributed by atoms with E-state index in [-0.39, 0.29) is 6.61 Å². The van der Waals surface area contributed by atoms with E-state index in [2.05, 4.69) is 5.32 Å². The maximum Gasteiger partial charge on any atom is 0.258 e. The number of carbonyl (C=O) groups is 3. The van der Waals surface area contributed by atoms with Crippen molar-refractivity contribution in [2.75, 3.05) is 6.61 Å². The molecule has 1 aromatic carbocycles. The van der Waals surface area contributed by atoms with Gasteiger partial charge in [-0.05, 0) is 26.0 Å². The standard InChI is InChI=1S/C16H18N2O5S/c1-16(2)12(15(21)22)18-13(20)11(14(18)24-16)17-10(19)8-23-9-6-4-3-5-7-9/h3-7,11-12,14H,8H2,1-2H3,(H,17,19)(H,21,22)/p-1/t11-,12-,14+/m1/s1. The van der Waals surface area contributed by atoms with Crippen LogP contribution in [0.1, 0.15) is 13.8 Å². The number of fused-ring (bicyclic) bond motifs is 1. The number of ether oxygens (including phenoxy) is 1. The fraction of sp³-hybridized carbons (Fsp3) is 0.438. The van der Waals surface area contributed by atoms with Crippen molar-refractivity contribution in [2.45, 2.75) is 36.1 Å². The number of carboxylic acid groups (broad SMARTS) is 1. The van der Waals surface area contributed by atoms with Crippen LogP contribution in [0.15, 0.2) is 30.3 Å². The van der Waals surface area contributed by atoms with Crippen LogP contribution in [-0.4, -0.2) is 51.5 Å². The molecule has 2 saturated heterocycles. The molecule has 128 valence electrons. The molecular weight excluding hydrogens is 332 g/mol. The lowest BCUT2D eigenvalue weighted by molar-refractivity contribution is -0.312. The van der Waals surface area contributed by atoms with E-state index in [0.717, 1.165) is 0 Å². The number of hydrogen-bond acceptors (Lipinski definition) is 6. The fourth-order valence-electron chi connectivity index (χ4n) is 3.01. The first-order chi connectivity index (χ1) is 11.3. The highest BCUT2D eigenvalue weighted by Gasteiger charge is 2.62. The van der Waals surface area contributed by atoms with E-state index >= 15 is 0 Å². The van der Waals surface area contributed by atoms with Crippen molar-refractivity contribution < 1.29 is 24.2 Å². The number of benzene rings is 1. The molecule has 0 aromatic heterocycles. The predicted octanol–water partition coefficient (Wildman–Crippen LogP) is -0.638. The molecule has 2 fully saturated rings. The fourth-order valence-corrected chi connectivity index (χ4v) is 4.63. The van der Waals surface area contributed by atoms with Crippen molar-refractivity contribution in [3.05, 3.63) is 30.3 Å². The van der Waals surface area contributed by atoms with Gasteiger partial charge in [0.25, 0.3) is 5.91 Å². The van der Waals surface area contributed by atoms with E-state index in [1.165, 1.54) is 16.7 Å². The molecule has 2 amide bonds. The summed E-state index contributed by atoms with van der Waals surface area (Å²) in [6.45, 7) is 3.29. The number of rotatable bonds is 5. The van der Waals surface area contributed by atoms with Crippen LogP contribution in [0.4, 0.5) is 0 Å². The second-order valence-corrected chi connectivity index (χ2v) is 8.00. The van der Waals surface area contributed by atoms with Crippen molar-refractivity contribution in [1.82, 2.24) is 10.2 Å². The third kappa shape index (κ3) is 2.82. The molecule has 0 aliphatic carbocycles. The molecule has 3 atom stereocenters. The summed E-state index contributed by atoms with van der Waals surface area (Å²) in [6, 6.07) is 7.14. The average molecular weight is 349 g/mol. The Labute approximate surface area is 143 Å². The zero-order valence-corrected chi connectivity index (χ0v) is 14.0. The number of hydrogen-bond donors (Lipinski definition) is 1. The number of carbonyl (C=O) groups excluding carboxylic acids is 3. The molecule has 1 N–H and O–H groups in total. The molecule has 3 rings (SSSR count). The van der Waals surface area contributed by atoms with Gasteiger partial charge < -0.3 is 24.9 Å². The molecule has 7 nitrogen and oxygen atoms in total. The number of β-lactam (4-membered cyclic amide) rings is 1. The summed E-state index contributed by atoms with van der Waals surface area (Å²) >= 11 is 1.35. The largest absolute Gasteiger partial charge is 0.548 e. The minimum Gasteiger partial charge on any atom is -0.548 e. The zero-order valence-electron chi connectivity index (χ0n) is 13.2. The third-order valence-electron chi connectivity index (χ3n) is 4.09. The molecule has 0 bridgehead atoms. The van der Waals surface area contributed by atoms with Crippen LogP contribution in [-0.2, 0) is 14.4 Å². The van der Waals surface area contributed by atoms with Gasteiger partial charge in [-0.25, -0.2) is 0 Å². The van der Waals surface area contributed by atoms with E-state index in [4.69, 9.17) is 4.74 Å². The number of carboxylic acids is 1. The lowest BCUT2D eigenvalue weighted by atomic mass is 9.96. The average Bonchev–Trinajstić information content (AvgIpc) is 2.80. The first-order valence-electron chi connectivity index (χ1n) is 7.49. The third-order valence-corrected chi connectivity index (χ3v) is 5.67. The first kappa shape index (κ1) is 16.6. The maximum absolute atomic E-state index is 12.2. The first-order valence-corrected chi connectivity index (χ1v) is 8.37. The number of nitrogens with one attached hydrogen (secondary N) is 1. The quantitative estimate of drug-likeness (QED) is 0.710. The van der Waals surface area contributed by atoms with Gasteiger partial charge in [-0.2, -0.15) is 0 Å². The van der Waals surface area contributed by atoms with Crippen LogP contribution in [0.3, 0.4) is 0 Å². The minimum absolute atomic E-state index is 0.210. The van der Waals surface area contributed by atoms with Crippen LogP contribution in [0, 0.1) is 0 Å². The van der Waals surface area contributed by atoms with Gasteiger partial charge in [0.1, 0.15) is 17.2 Å². The van der Waals surface area contributed by atoms with Gasteiger partial charge in [-0.15, -0.1) is 11.8 Å². The Morgan fingerprint density at radius 3 is 2.62 bits per heavy atom. The van der Waals surface area contributed by atoms with E-state index in [9.17, 15) is 19.5 Å². The Bertz CT molecular complexity index is 678. The summed E-state index contributed by atoms with van der Waals surface area (Å²) in [7, 11) is 0. The van der Waals surface area contributed by atoms with E-state index in [1.807, 2.05) is 6.07 Å². The van der Waals surface area contributed by atoms with Gasteiger partial charge in [0.2, 0.25) is 5.91 Å². The van der Waals surface area contributed by atoms with Gasteiger partial charge in [-0.3, -0.25) is 9.59 Å². The van der Waals surface area contributed by atoms with Crippen LogP contribution < -0.4 is 15.2 Å². The van der Waals surface area contributed by atoms with E-state index in [1.54, 1.807) is 38.1 Å². The smallest absolute Gasteiger partial charge is 0.258 e. The number of amides is 2. The van der Waals surface area contributed by atoms with Crippen molar-refractivity contribution in [1.29, 1.82) is 0 Å². The molecule has 2 heterocycles. The molecule has 0 spiro atoms. The van der Waals surface area contributed by atoms with E-state index < -0.39 is 40.0 Å². The minimum atomic E-state index is -1.28. The number of thioether (sulfide) groups is 1. The number of nitrogens with zero attached hydrogens (tertiary/aromatic N) is 1. The zero-order chi connectivity index (χ0) is 17.5. The maximum atomic E-state index is 12.2. The highest BCUT2D eigenvalue weighted by atomic mass is 32.2. The van der Waals surface area contributed by atoms with Crippen molar-refractivity contribution >= 4 is 29.5 Å². The summed E-state index contributed by atoms with van der Waals surface area (Å²) in [6.07, 6.45) is 0. The van der Waals surface area contributed by atoms with Crippen LogP contribution in [0.5, 0.6) is 5.75 Å². The highest BCUT2D eigenvalue weighted by Crippen LogP contribution is 2.50. The second-order valence-electron chi connectivity index (χ2n) is 6.23. The number of para-hydroxylation sites is 1. The predicted molar refractivity (Wildman–Crippen MR) is 85.0 cm³/mol. The topological polar surface area (TPSA) is 98.8 Å². The van der Waals surface area contributed by atoms with Gasteiger partial charge >= 0.3 is 0 Å².